The number of unbranched alkanes of at least 4 members (excludes halogenated alkanes) is 1. The van der Waals surface area contributed by atoms with Crippen molar-refractivity contribution >= 4 is 5.97 Å². The second kappa shape index (κ2) is 6.27. The first-order valence-corrected chi connectivity index (χ1v) is 6.71. The van der Waals surface area contributed by atoms with Crippen molar-refractivity contribution in [3.05, 3.63) is 29.8 Å². The van der Waals surface area contributed by atoms with Gasteiger partial charge in [-0.15, -0.1) is 5.10 Å². The van der Waals surface area contributed by atoms with E-state index < -0.39 is 12.0 Å². The second-order valence-electron chi connectivity index (χ2n) is 4.81. The van der Waals surface area contributed by atoms with Gasteiger partial charge in [-0.05, 0) is 29.8 Å². The Kier molecular flexibility index (Phi) is 4.45. The molecular formula is C14H18N4O2. The standard InChI is InChI=1S/C14H18N4O2/c1-3-4-8-12(14(19)20)18-13(15-16-17-18)11-7-5-6-10(2)9-11/h5-7,9,12H,3-4,8H2,1-2H3,(H,19,20). The average Bonchev–Trinajstić information content (AvgIpc) is 2.88. The number of carboxylic acids is 1. The summed E-state index contributed by atoms with van der Waals surface area (Å²) in [6.45, 7) is 4.00. The van der Waals surface area contributed by atoms with Gasteiger partial charge < -0.3 is 5.11 Å². The first kappa shape index (κ1) is 14.2. The number of aryl methyl sites for hydroxylation is 1. The van der Waals surface area contributed by atoms with Crippen LogP contribution >= 0.6 is 0 Å². The third-order valence-corrected chi connectivity index (χ3v) is 3.18. The van der Waals surface area contributed by atoms with Crippen molar-refractivity contribution in [2.75, 3.05) is 0 Å². The van der Waals surface area contributed by atoms with Gasteiger partial charge in [-0.25, -0.2) is 9.48 Å². The summed E-state index contributed by atoms with van der Waals surface area (Å²) in [5, 5.41) is 20.9. The topological polar surface area (TPSA) is 80.9 Å². The molecular weight excluding hydrogens is 256 g/mol. The van der Waals surface area contributed by atoms with Crippen molar-refractivity contribution in [1.29, 1.82) is 0 Å². The largest absolute Gasteiger partial charge is 0.480 e. The van der Waals surface area contributed by atoms with Gasteiger partial charge in [0.1, 0.15) is 0 Å². The Bertz CT molecular complexity index is 594. The smallest absolute Gasteiger partial charge is 0.328 e. The van der Waals surface area contributed by atoms with E-state index in [0.29, 0.717) is 12.2 Å². The molecule has 0 aliphatic heterocycles. The van der Waals surface area contributed by atoms with Crippen molar-refractivity contribution in [1.82, 2.24) is 20.2 Å². The fraction of sp³-hybridized carbons (Fsp3) is 0.429. The van der Waals surface area contributed by atoms with Crippen molar-refractivity contribution in [2.45, 2.75) is 39.2 Å². The van der Waals surface area contributed by atoms with Crippen LogP contribution in [-0.4, -0.2) is 31.3 Å². The molecule has 0 radical (unpaired) electrons. The van der Waals surface area contributed by atoms with Crippen LogP contribution in [0.3, 0.4) is 0 Å². The van der Waals surface area contributed by atoms with Crippen LogP contribution in [0.2, 0.25) is 0 Å². The molecule has 1 atom stereocenters. The molecule has 1 aromatic heterocycles. The van der Waals surface area contributed by atoms with Crippen molar-refractivity contribution in [3.63, 3.8) is 0 Å². The summed E-state index contributed by atoms with van der Waals surface area (Å²) in [4.78, 5) is 11.4. The fourth-order valence-corrected chi connectivity index (χ4v) is 2.13. The van der Waals surface area contributed by atoms with Crippen molar-refractivity contribution in [3.8, 4) is 11.4 Å². The lowest BCUT2D eigenvalue weighted by atomic mass is 10.1. The predicted octanol–water partition coefficient (Wildman–Crippen LogP) is 2.46. The van der Waals surface area contributed by atoms with E-state index in [0.717, 1.165) is 24.0 Å². The number of nitrogens with zero attached hydrogens (tertiary/aromatic N) is 4. The lowest BCUT2D eigenvalue weighted by Gasteiger charge is -2.13. The summed E-state index contributed by atoms with van der Waals surface area (Å²) in [7, 11) is 0. The second-order valence-corrected chi connectivity index (χ2v) is 4.81. The number of rotatable bonds is 6. The third-order valence-electron chi connectivity index (χ3n) is 3.18. The van der Waals surface area contributed by atoms with Crippen LogP contribution in [0, 0.1) is 6.92 Å². The maximum Gasteiger partial charge on any atom is 0.328 e. The minimum atomic E-state index is -0.903. The van der Waals surface area contributed by atoms with Crippen LogP contribution in [0.5, 0.6) is 0 Å². The van der Waals surface area contributed by atoms with Crippen LogP contribution in [0.1, 0.15) is 37.8 Å². The molecule has 1 heterocycles. The van der Waals surface area contributed by atoms with Crippen molar-refractivity contribution < 1.29 is 9.90 Å². The van der Waals surface area contributed by atoms with Crippen LogP contribution in [0.4, 0.5) is 0 Å². The zero-order valence-corrected chi connectivity index (χ0v) is 11.7. The van der Waals surface area contributed by atoms with Crippen LogP contribution in [0.25, 0.3) is 11.4 Å². The molecule has 6 nitrogen and oxygen atoms in total. The van der Waals surface area contributed by atoms with Gasteiger partial charge in [0.15, 0.2) is 11.9 Å². The highest BCUT2D eigenvalue weighted by molar-refractivity contribution is 5.72. The lowest BCUT2D eigenvalue weighted by molar-refractivity contribution is -0.141. The Morgan fingerprint density at radius 3 is 2.90 bits per heavy atom. The molecule has 0 saturated carbocycles. The van der Waals surface area contributed by atoms with Crippen LogP contribution in [-0.2, 0) is 4.79 Å². The molecule has 1 aromatic carbocycles. The molecule has 0 aliphatic rings. The van der Waals surface area contributed by atoms with E-state index in [1.165, 1.54) is 4.68 Å². The zero-order chi connectivity index (χ0) is 14.5. The number of carbonyl (C=O) groups is 1. The van der Waals surface area contributed by atoms with Gasteiger partial charge in [0.25, 0.3) is 0 Å². The van der Waals surface area contributed by atoms with Gasteiger partial charge in [0.2, 0.25) is 0 Å². The number of carboxylic acid groups (broad SMARTS) is 1. The van der Waals surface area contributed by atoms with Gasteiger partial charge >= 0.3 is 5.97 Å². The molecule has 2 rings (SSSR count). The summed E-state index contributed by atoms with van der Waals surface area (Å²) in [6, 6.07) is 6.99. The maximum atomic E-state index is 11.4. The first-order valence-electron chi connectivity index (χ1n) is 6.71. The quantitative estimate of drug-likeness (QED) is 0.875. The number of hydrogen-bond acceptors (Lipinski definition) is 4. The molecule has 0 saturated heterocycles. The highest BCUT2D eigenvalue weighted by atomic mass is 16.4. The molecule has 106 valence electrons. The van der Waals surface area contributed by atoms with Gasteiger partial charge in [-0.1, -0.05) is 43.5 Å². The Labute approximate surface area is 117 Å². The summed E-state index contributed by atoms with van der Waals surface area (Å²) in [5.41, 5.74) is 1.91. The highest BCUT2D eigenvalue weighted by Gasteiger charge is 2.24. The van der Waals surface area contributed by atoms with E-state index in [1.54, 1.807) is 0 Å². The molecule has 0 amide bonds. The Morgan fingerprint density at radius 1 is 1.45 bits per heavy atom. The number of aromatic nitrogens is 4. The van der Waals surface area contributed by atoms with Crippen LogP contribution < -0.4 is 0 Å². The van der Waals surface area contributed by atoms with E-state index >= 15 is 0 Å². The molecule has 2 aromatic rings. The molecule has 0 spiro atoms. The summed E-state index contributed by atoms with van der Waals surface area (Å²) >= 11 is 0. The molecule has 0 aliphatic carbocycles. The molecule has 0 fully saturated rings. The highest BCUT2D eigenvalue weighted by Crippen LogP contribution is 2.23. The molecule has 1 unspecified atom stereocenters. The first-order chi connectivity index (χ1) is 9.63. The molecule has 6 heteroatoms. The van der Waals surface area contributed by atoms with E-state index in [1.807, 2.05) is 38.1 Å². The molecule has 1 N–H and O–H groups in total. The minimum absolute atomic E-state index is 0.497. The number of aliphatic carboxylic acids is 1. The van der Waals surface area contributed by atoms with Gasteiger partial charge in [0, 0.05) is 5.56 Å². The predicted molar refractivity (Wildman–Crippen MR) is 74.2 cm³/mol. The van der Waals surface area contributed by atoms with Crippen LogP contribution in [0.15, 0.2) is 24.3 Å². The average molecular weight is 274 g/mol. The summed E-state index contributed by atoms with van der Waals surface area (Å²) in [5.74, 6) is -0.406. The number of hydrogen-bond donors (Lipinski definition) is 1. The van der Waals surface area contributed by atoms with Crippen molar-refractivity contribution in [2.24, 2.45) is 0 Å². The lowest BCUT2D eigenvalue weighted by Crippen LogP contribution is -2.21. The molecule has 20 heavy (non-hydrogen) atoms. The monoisotopic (exact) mass is 274 g/mol. The normalized spacial score (nSPS) is 12.3. The third kappa shape index (κ3) is 3.01. The Morgan fingerprint density at radius 2 is 2.25 bits per heavy atom. The molecule has 0 bridgehead atoms. The van der Waals surface area contributed by atoms with Gasteiger partial charge in [-0.3, -0.25) is 0 Å². The summed E-state index contributed by atoms with van der Waals surface area (Å²) in [6.07, 6.45) is 2.28. The van der Waals surface area contributed by atoms with E-state index in [2.05, 4.69) is 15.5 Å². The fourth-order valence-electron chi connectivity index (χ4n) is 2.13. The van der Waals surface area contributed by atoms with Gasteiger partial charge in [0.05, 0.1) is 0 Å². The minimum Gasteiger partial charge on any atom is -0.480 e. The Balaban J connectivity index is 2.38. The maximum absolute atomic E-state index is 11.4. The number of benzene rings is 1. The SMILES string of the molecule is CCCCC(C(=O)O)n1nnnc1-c1cccc(C)c1. The summed E-state index contributed by atoms with van der Waals surface area (Å²) < 4.78 is 1.41. The number of tetrazole rings is 1. The van der Waals surface area contributed by atoms with E-state index in [9.17, 15) is 9.90 Å². The van der Waals surface area contributed by atoms with Gasteiger partial charge in [-0.2, -0.15) is 0 Å². The van der Waals surface area contributed by atoms with E-state index in [-0.39, 0.29) is 0 Å². The Hall–Kier alpha value is -2.24. The zero-order valence-electron chi connectivity index (χ0n) is 11.7. The van der Waals surface area contributed by atoms with E-state index in [4.69, 9.17) is 0 Å².